The summed E-state index contributed by atoms with van der Waals surface area (Å²) in [4.78, 5) is 20.0. The summed E-state index contributed by atoms with van der Waals surface area (Å²) in [5.74, 6) is 0. The Balaban J connectivity index is 3.09. The van der Waals surface area contributed by atoms with Gasteiger partial charge in [-0.15, -0.1) is 0 Å². The van der Waals surface area contributed by atoms with Gasteiger partial charge in [0.2, 0.25) is 0 Å². The first-order valence-corrected chi connectivity index (χ1v) is 14.0. The first-order chi connectivity index (χ1) is 8.02. The van der Waals surface area contributed by atoms with E-state index in [0.717, 1.165) is 5.19 Å². The summed E-state index contributed by atoms with van der Waals surface area (Å²) in [6.45, 7) is 8.69. The maximum absolute atomic E-state index is 10.0. The van der Waals surface area contributed by atoms with Gasteiger partial charge in [0.1, 0.15) is 0 Å². The summed E-state index contributed by atoms with van der Waals surface area (Å²) >= 11 is 0. The summed E-state index contributed by atoms with van der Waals surface area (Å²) < 4.78 is 11.7. The highest BCUT2D eigenvalue weighted by Gasteiger charge is 2.44. The smallest absolute Gasteiger partial charge is 0.351 e. The lowest BCUT2D eigenvalue weighted by atomic mass is 10.4. The zero-order valence-corrected chi connectivity index (χ0v) is 14.6. The van der Waals surface area contributed by atoms with Crippen molar-refractivity contribution in [1.82, 2.24) is 0 Å². The van der Waals surface area contributed by atoms with Gasteiger partial charge in [0.25, 0.3) is 0 Å². The van der Waals surface area contributed by atoms with Crippen LogP contribution in [0.1, 0.15) is 0 Å². The zero-order chi connectivity index (χ0) is 14.0. The molecule has 0 saturated carbocycles. The first kappa shape index (κ1) is 15.8. The molecular weight excluding hydrogens is 280 g/mol. The van der Waals surface area contributed by atoms with Crippen molar-refractivity contribution >= 4 is 30.9 Å². The molecule has 7 heteroatoms. The molecule has 0 heterocycles. The van der Waals surface area contributed by atoms with Crippen LogP contribution >= 0.6 is 0 Å². The normalized spacial score (nSPS) is 13.7. The molecule has 0 radical (unpaired) electrons. The van der Waals surface area contributed by atoms with Crippen LogP contribution in [0.15, 0.2) is 30.3 Å². The second kappa shape index (κ2) is 5.37. The van der Waals surface area contributed by atoms with E-state index in [1.165, 1.54) is 0 Å². The van der Waals surface area contributed by atoms with Crippen molar-refractivity contribution in [2.24, 2.45) is 0 Å². The Morgan fingerprint density at radius 2 is 1.17 bits per heavy atom. The van der Waals surface area contributed by atoms with Crippen LogP contribution in [-0.4, -0.2) is 35.3 Å². The van der Waals surface area contributed by atoms with Gasteiger partial charge in [-0.3, -0.25) is 0 Å². The minimum absolute atomic E-state index is 0.925. The topological polar surface area (TPSA) is 58.9 Å². The van der Waals surface area contributed by atoms with Crippen LogP contribution in [0.3, 0.4) is 0 Å². The predicted octanol–water partition coefficient (Wildman–Crippen LogP) is 1.39. The summed E-state index contributed by atoms with van der Waals surface area (Å²) in [7, 11) is -8.23. The van der Waals surface area contributed by atoms with Crippen LogP contribution in [0, 0.1) is 0 Å². The molecule has 0 aromatic heterocycles. The lowest BCUT2D eigenvalue weighted by molar-refractivity contribution is 0.299. The summed E-state index contributed by atoms with van der Waals surface area (Å²) in [5.41, 5.74) is 0. The van der Waals surface area contributed by atoms with Crippen molar-refractivity contribution in [3.63, 3.8) is 0 Å². The molecule has 1 rings (SSSR count). The zero-order valence-electron chi connectivity index (χ0n) is 11.6. The molecular formula is C11H22O4Si3. The molecule has 0 bridgehead atoms. The Morgan fingerprint density at radius 1 is 0.778 bits per heavy atom. The molecule has 0 aliphatic carbocycles. The Hall–Kier alpha value is -0.289. The van der Waals surface area contributed by atoms with Gasteiger partial charge in [0, 0.05) is 0 Å². The van der Waals surface area contributed by atoms with E-state index in [4.69, 9.17) is 8.23 Å². The average molecular weight is 303 g/mol. The van der Waals surface area contributed by atoms with E-state index in [9.17, 15) is 9.59 Å². The molecule has 102 valence electrons. The molecule has 0 atom stereocenters. The van der Waals surface area contributed by atoms with Crippen molar-refractivity contribution in [2.45, 2.75) is 32.7 Å². The van der Waals surface area contributed by atoms with Crippen molar-refractivity contribution in [2.75, 3.05) is 0 Å². The van der Waals surface area contributed by atoms with Gasteiger partial charge in [-0.25, -0.2) is 0 Å². The van der Waals surface area contributed by atoms with E-state index < -0.39 is 25.7 Å². The molecule has 18 heavy (non-hydrogen) atoms. The minimum Gasteiger partial charge on any atom is -0.412 e. The fourth-order valence-electron chi connectivity index (χ4n) is 1.83. The highest BCUT2D eigenvalue weighted by molar-refractivity contribution is 6.92. The van der Waals surface area contributed by atoms with E-state index in [1.807, 2.05) is 36.9 Å². The van der Waals surface area contributed by atoms with Crippen LogP contribution in [-0.2, 0) is 8.23 Å². The third kappa shape index (κ3) is 5.14. The molecule has 0 unspecified atom stereocenters. The fraction of sp³-hybridized carbons (Fsp3) is 0.455. The van der Waals surface area contributed by atoms with Crippen molar-refractivity contribution in [3.05, 3.63) is 30.3 Å². The third-order valence-electron chi connectivity index (χ3n) is 2.19. The number of rotatable bonds is 5. The van der Waals surface area contributed by atoms with Crippen LogP contribution in [0.5, 0.6) is 0 Å². The molecule has 1 aromatic rings. The lowest BCUT2D eigenvalue weighted by Crippen LogP contribution is -2.61. The molecule has 4 nitrogen and oxygen atoms in total. The SMILES string of the molecule is C[Si](C)(O)O[Si](C)(O[Si](C)(C)O)c1ccccc1. The molecule has 2 N–H and O–H groups in total. The van der Waals surface area contributed by atoms with Gasteiger partial charge in [0.15, 0.2) is 0 Å². The molecule has 0 aliphatic heterocycles. The predicted molar refractivity (Wildman–Crippen MR) is 79.3 cm³/mol. The number of benzene rings is 1. The Kier molecular flexibility index (Phi) is 4.71. The fourth-order valence-corrected chi connectivity index (χ4v) is 11.7. The summed E-state index contributed by atoms with van der Waals surface area (Å²) in [6, 6.07) is 9.58. The molecule has 0 amide bonds. The maximum atomic E-state index is 10.0. The van der Waals surface area contributed by atoms with Crippen molar-refractivity contribution < 1.29 is 17.8 Å². The van der Waals surface area contributed by atoms with E-state index in [-0.39, 0.29) is 0 Å². The second-order valence-corrected chi connectivity index (χ2v) is 15.3. The van der Waals surface area contributed by atoms with E-state index in [2.05, 4.69) is 0 Å². The van der Waals surface area contributed by atoms with Gasteiger partial charge in [-0.05, 0) is 37.9 Å². The Bertz CT molecular complexity index is 368. The second-order valence-electron chi connectivity index (χ2n) is 5.41. The summed E-state index contributed by atoms with van der Waals surface area (Å²) in [5, 5.41) is 0.925. The largest absolute Gasteiger partial charge is 0.412 e. The molecule has 1 aromatic carbocycles. The van der Waals surface area contributed by atoms with Crippen LogP contribution in [0.2, 0.25) is 32.7 Å². The van der Waals surface area contributed by atoms with E-state index >= 15 is 0 Å². The van der Waals surface area contributed by atoms with Crippen molar-refractivity contribution in [3.8, 4) is 0 Å². The lowest BCUT2D eigenvalue weighted by Gasteiger charge is -2.36. The van der Waals surface area contributed by atoms with Crippen molar-refractivity contribution in [1.29, 1.82) is 0 Å². The molecule has 0 saturated heterocycles. The molecule has 0 fully saturated rings. The van der Waals surface area contributed by atoms with E-state index in [1.54, 1.807) is 26.2 Å². The van der Waals surface area contributed by atoms with Gasteiger partial charge in [-0.1, -0.05) is 30.3 Å². The highest BCUT2D eigenvalue weighted by Crippen LogP contribution is 2.18. The quantitative estimate of drug-likeness (QED) is 0.807. The molecule has 0 spiro atoms. The van der Waals surface area contributed by atoms with Gasteiger partial charge in [0.05, 0.1) is 0 Å². The molecule has 0 aliphatic rings. The minimum atomic E-state index is -2.77. The van der Waals surface area contributed by atoms with Gasteiger partial charge < -0.3 is 17.8 Å². The first-order valence-electron chi connectivity index (χ1n) is 5.92. The highest BCUT2D eigenvalue weighted by atomic mass is 28.5. The number of hydrogen-bond acceptors (Lipinski definition) is 4. The third-order valence-corrected chi connectivity index (χ3v) is 10.7. The van der Waals surface area contributed by atoms with Crippen LogP contribution in [0.4, 0.5) is 0 Å². The number of hydrogen-bond donors (Lipinski definition) is 2. The maximum Gasteiger partial charge on any atom is 0.351 e. The van der Waals surface area contributed by atoms with Gasteiger partial charge in [-0.2, -0.15) is 0 Å². The Morgan fingerprint density at radius 3 is 1.50 bits per heavy atom. The van der Waals surface area contributed by atoms with Crippen LogP contribution in [0.25, 0.3) is 0 Å². The Labute approximate surface area is 112 Å². The van der Waals surface area contributed by atoms with Crippen LogP contribution < -0.4 is 5.19 Å². The summed E-state index contributed by atoms with van der Waals surface area (Å²) in [6.07, 6.45) is 0. The standard InChI is InChI=1S/C11H22O4Si3/c1-16(2,12)14-18(5,15-17(3,4)13)11-9-7-6-8-10-11/h6-10,12-13H,1-5H3. The average Bonchev–Trinajstić information content (AvgIpc) is 2.13. The van der Waals surface area contributed by atoms with E-state index in [0.29, 0.717) is 0 Å². The van der Waals surface area contributed by atoms with Gasteiger partial charge >= 0.3 is 25.7 Å². The monoisotopic (exact) mass is 302 g/mol.